The average Bonchev–Trinajstić information content (AvgIpc) is 4.21. The van der Waals surface area contributed by atoms with Crippen molar-refractivity contribution < 1.29 is 47.5 Å². The molecule has 416 valence electrons. The van der Waals surface area contributed by atoms with Crippen LogP contribution in [0.2, 0.25) is 0 Å². The number of ether oxygens (including phenoxy) is 7. The number of nitrogens with one attached hydrogen (secondary N) is 2. The van der Waals surface area contributed by atoms with Gasteiger partial charge in [-0.15, -0.1) is 0 Å². The second-order valence-electron chi connectivity index (χ2n) is 20.4. The molecule has 2 atom stereocenters. The highest BCUT2D eigenvalue weighted by molar-refractivity contribution is 6.13. The lowest BCUT2D eigenvalue weighted by Crippen LogP contribution is -2.41. The van der Waals surface area contributed by atoms with Crippen molar-refractivity contribution in [3.8, 4) is 23.0 Å². The maximum atomic E-state index is 14.4. The molecule has 78 heavy (non-hydrogen) atoms. The molecular weight excluding hydrogens is 991 g/mol. The number of rotatable bonds is 28. The van der Waals surface area contributed by atoms with Crippen LogP contribution in [0.3, 0.4) is 0 Å². The molecule has 5 aromatic rings. The highest BCUT2D eigenvalue weighted by Crippen LogP contribution is 2.44. The molecule has 0 aliphatic carbocycles. The molecule has 0 radical (unpaired) electrons. The van der Waals surface area contributed by atoms with E-state index in [0.717, 1.165) is 78.3 Å². The van der Waals surface area contributed by atoms with E-state index < -0.39 is 0 Å². The Bertz CT molecular complexity index is 2720. The summed E-state index contributed by atoms with van der Waals surface area (Å²) in [5.74, 6) is 1.80. The Balaban J connectivity index is 0.990. The molecule has 0 unspecified atom stereocenters. The van der Waals surface area contributed by atoms with Gasteiger partial charge in [0.1, 0.15) is 13.2 Å². The second-order valence-corrected chi connectivity index (χ2v) is 20.4. The highest BCUT2D eigenvalue weighted by atomic mass is 16.5. The Labute approximate surface area is 459 Å². The van der Waals surface area contributed by atoms with Crippen LogP contribution >= 0.6 is 0 Å². The summed E-state index contributed by atoms with van der Waals surface area (Å²) in [7, 11) is 8.86. The fraction of sp³-hybridized carbons (Fsp3) is 0.459. The van der Waals surface area contributed by atoms with Gasteiger partial charge in [0.25, 0.3) is 11.8 Å². The number of methoxy groups -OCH3 is 3. The van der Waals surface area contributed by atoms with Gasteiger partial charge in [0.05, 0.1) is 81.8 Å². The molecule has 9 rings (SSSR count). The standard InChI is InChI=1S/C61H77N7O10/c1-7-62-20-12-13-21-63-59(69)19-14-22-66(23-24-75-27-28-76-26-25-72-4)46-30-42(40-77-57-36-53-49(34-55(57)73-5)60(70)67-47(38-64(53)2)32-44-15-8-10-17-51(44)67)29-43(31-46)41-78-58-37-54-50(35-56(58)74-6)61(71)68-48(39-65(54)3)33-45-16-9-11-18-52(45)68/h8-11,15-18,29-31,34-37,47-48,62H,7,12-14,19-28,32-33,38-41H2,1-6H3,(H,63,69)/t47-,48-/m0/s1. The van der Waals surface area contributed by atoms with Gasteiger partial charge in [0.2, 0.25) is 5.91 Å². The predicted octanol–water partition coefficient (Wildman–Crippen LogP) is 7.68. The lowest BCUT2D eigenvalue weighted by Gasteiger charge is -2.27. The Morgan fingerprint density at radius 1 is 0.603 bits per heavy atom. The van der Waals surface area contributed by atoms with E-state index in [2.05, 4.69) is 62.6 Å². The van der Waals surface area contributed by atoms with Crippen LogP contribution in [0.1, 0.15) is 75.6 Å². The van der Waals surface area contributed by atoms with E-state index in [1.807, 2.05) is 72.4 Å². The topological polar surface area (TPSA) is 156 Å². The summed E-state index contributed by atoms with van der Waals surface area (Å²) in [6.07, 6.45) is 4.46. The minimum absolute atomic E-state index is 0.00821. The van der Waals surface area contributed by atoms with Crippen LogP contribution in [0, 0.1) is 0 Å². The molecule has 0 spiro atoms. The van der Waals surface area contributed by atoms with Crippen molar-refractivity contribution in [2.75, 3.05) is 139 Å². The van der Waals surface area contributed by atoms with Gasteiger partial charge < -0.3 is 68.3 Å². The zero-order valence-electron chi connectivity index (χ0n) is 46.3. The lowest BCUT2D eigenvalue weighted by atomic mass is 10.1. The van der Waals surface area contributed by atoms with Crippen molar-refractivity contribution in [1.29, 1.82) is 0 Å². The van der Waals surface area contributed by atoms with Gasteiger partial charge in [-0.25, -0.2) is 0 Å². The molecule has 4 aliphatic heterocycles. The van der Waals surface area contributed by atoms with Gasteiger partial charge in [-0.2, -0.15) is 0 Å². The number of carbonyl (C=O) groups is 3. The molecule has 4 heterocycles. The number of anilines is 5. The summed E-state index contributed by atoms with van der Waals surface area (Å²) in [5.41, 5.74) is 9.49. The number of hydrogen-bond donors (Lipinski definition) is 2. The van der Waals surface area contributed by atoms with E-state index in [1.165, 1.54) is 11.1 Å². The van der Waals surface area contributed by atoms with Crippen LogP contribution in [-0.4, -0.2) is 144 Å². The molecule has 17 nitrogen and oxygen atoms in total. The molecule has 5 aromatic carbocycles. The zero-order valence-corrected chi connectivity index (χ0v) is 46.3. The van der Waals surface area contributed by atoms with Gasteiger partial charge >= 0.3 is 0 Å². The van der Waals surface area contributed by atoms with Crippen molar-refractivity contribution in [3.63, 3.8) is 0 Å². The van der Waals surface area contributed by atoms with Crippen LogP contribution in [0.4, 0.5) is 28.4 Å². The van der Waals surface area contributed by atoms with E-state index in [1.54, 1.807) is 33.5 Å². The first-order valence-corrected chi connectivity index (χ1v) is 27.5. The van der Waals surface area contributed by atoms with Gasteiger partial charge in [0.15, 0.2) is 23.0 Å². The predicted molar refractivity (Wildman–Crippen MR) is 305 cm³/mol. The number of likely N-dealkylation sites (N-methyl/N-ethyl adjacent to an activating group) is 2. The Hall–Kier alpha value is -7.05. The number of nitrogens with zero attached hydrogens (tertiary/aromatic N) is 5. The van der Waals surface area contributed by atoms with Crippen LogP contribution in [0.15, 0.2) is 91.0 Å². The van der Waals surface area contributed by atoms with E-state index >= 15 is 0 Å². The van der Waals surface area contributed by atoms with Crippen molar-refractivity contribution in [2.24, 2.45) is 0 Å². The van der Waals surface area contributed by atoms with E-state index in [4.69, 9.17) is 33.2 Å². The maximum Gasteiger partial charge on any atom is 0.260 e. The number of amides is 3. The molecule has 0 aromatic heterocycles. The summed E-state index contributed by atoms with van der Waals surface area (Å²) in [5, 5.41) is 6.44. The maximum absolute atomic E-state index is 14.4. The number of benzene rings is 5. The first-order chi connectivity index (χ1) is 38.1. The fourth-order valence-corrected chi connectivity index (χ4v) is 11.2. The number of hydrogen-bond acceptors (Lipinski definition) is 14. The van der Waals surface area contributed by atoms with Gasteiger partial charge in [0, 0.05) is 89.5 Å². The quantitative estimate of drug-likeness (QED) is 0.0471. The van der Waals surface area contributed by atoms with Crippen LogP contribution in [-0.2, 0) is 45.1 Å². The largest absolute Gasteiger partial charge is 0.493 e. The third-order valence-electron chi connectivity index (χ3n) is 15.1. The summed E-state index contributed by atoms with van der Waals surface area (Å²) >= 11 is 0. The Kier molecular flexibility index (Phi) is 18.9. The van der Waals surface area contributed by atoms with Crippen LogP contribution in [0.25, 0.3) is 0 Å². The zero-order chi connectivity index (χ0) is 54.5. The summed E-state index contributed by atoms with van der Waals surface area (Å²) < 4.78 is 42.2. The van der Waals surface area contributed by atoms with Gasteiger partial charge in [-0.3, -0.25) is 14.4 Å². The lowest BCUT2D eigenvalue weighted by molar-refractivity contribution is -0.121. The van der Waals surface area contributed by atoms with Gasteiger partial charge in [-0.1, -0.05) is 43.3 Å². The number of carbonyl (C=O) groups excluding carboxylic acids is 3. The van der Waals surface area contributed by atoms with E-state index in [0.29, 0.717) is 113 Å². The summed E-state index contributed by atoms with van der Waals surface area (Å²) in [6.45, 7) is 9.62. The van der Waals surface area contributed by atoms with Gasteiger partial charge in [-0.05, 0) is 110 Å². The van der Waals surface area contributed by atoms with Crippen molar-refractivity contribution in [3.05, 3.63) is 124 Å². The van der Waals surface area contributed by atoms with Crippen molar-refractivity contribution in [2.45, 2.75) is 70.7 Å². The third-order valence-corrected chi connectivity index (χ3v) is 15.1. The summed E-state index contributed by atoms with van der Waals surface area (Å²) in [6, 6.07) is 29.9. The van der Waals surface area contributed by atoms with E-state index in [9.17, 15) is 14.4 Å². The van der Waals surface area contributed by atoms with Crippen molar-refractivity contribution >= 4 is 46.2 Å². The number of para-hydroxylation sites is 2. The number of fused-ring (bicyclic) bond motifs is 8. The number of unbranched alkanes of at least 4 members (excludes halogenated alkanes) is 1. The molecule has 3 amide bonds. The minimum atomic E-state index is -0.0675. The molecular formula is C61H77N7O10. The Morgan fingerprint density at radius 2 is 1.13 bits per heavy atom. The smallest absolute Gasteiger partial charge is 0.260 e. The molecule has 0 fully saturated rings. The molecule has 2 N–H and O–H groups in total. The van der Waals surface area contributed by atoms with Crippen molar-refractivity contribution in [1.82, 2.24) is 10.6 Å². The average molecular weight is 1070 g/mol. The fourth-order valence-electron chi connectivity index (χ4n) is 11.2. The SMILES string of the molecule is CCNCCCCNC(=O)CCCN(CCOCCOCCOC)c1cc(COc2cc3c(cc2OC)C(=O)N2c4ccccc4C[C@H]2CN3C)cc(COc2cc3c(cc2OC)C(=O)N2c4ccccc4C[C@H]2CN3C)c1. The minimum Gasteiger partial charge on any atom is -0.493 e. The highest BCUT2D eigenvalue weighted by Gasteiger charge is 2.41. The van der Waals surface area contributed by atoms with E-state index in [-0.39, 0.29) is 43.0 Å². The second kappa shape index (κ2) is 26.5. The molecule has 0 saturated carbocycles. The van der Waals surface area contributed by atoms with Crippen LogP contribution in [0.5, 0.6) is 23.0 Å². The Morgan fingerprint density at radius 3 is 1.67 bits per heavy atom. The first kappa shape index (κ1) is 55.7. The molecule has 4 aliphatic rings. The first-order valence-electron chi connectivity index (χ1n) is 27.5. The molecule has 17 heteroatoms. The normalized spacial score (nSPS) is 16.1. The summed E-state index contributed by atoms with van der Waals surface area (Å²) in [4.78, 5) is 52.3. The third kappa shape index (κ3) is 12.9. The molecule has 0 saturated heterocycles. The van der Waals surface area contributed by atoms with Crippen LogP contribution < -0.4 is 54.1 Å². The molecule has 0 bridgehead atoms. The monoisotopic (exact) mass is 1070 g/mol.